The van der Waals surface area contributed by atoms with E-state index in [0.717, 1.165) is 18.7 Å². The van der Waals surface area contributed by atoms with Gasteiger partial charge in [0.1, 0.15) is 18.7 Å². The minimum absolute atomic E-state index is 0.259. The van der Waals surface area contributed by atoms with E-state index in [1.54, 1.807) is 22.9 Å². The SMILES string of the molecule is CC(C)Cn1ncnc1COc1ccc(Cl)cc1C=O. The number of aromatic nitrogens is 3. The van der Waals surface area contributed by atoms with E-state index in [9.17, 15) is 4.79 Å². The molecular weight excluding hydrogens is 278 g/mol. The van der Waals surface area contributed by atoms with E-state index in [1.807, 2.05) is 0 Å². The number of benzene rings is 1. The molecule has 0 aliphatic heterocycles. The molecule has 1 aromatic carbocycles. The van der Waals surface area contributed by atoms with Crippen LogP contribution in [0.4, 0.5) is 0 Å². The van der Waals surface area contributed by atoms with Gasteiger partial charge in [-0.25, -0.2) is 9.67 Å². The molecule has 0 fully saturated rings. The van der Waals surface area contributed by atoms with Crippen LogP contribution in [0.1, 0.15) is 30.0 Å². The summed E-state index contributed by atoms with van der Waals surface area (Å²) in [6, 6.07) is 4.93. The van der Waals surface area contributed by atoms with Crippen molar-refractivity contribution in [3.05, 3.63) is 40.9 Å². The lowest BCUT2D eigenvalue weighted by atomic mass is 10.2. The molecule has 0 bridgehead atoms. The normalized spacial score (nSPS) is 10.8. The second-order valence-corrected chi connectivity index (χ2v) is 5.28. The van der Waals surface area contributed by atoms with Crippen molar-refractivity contribution in [1.29, 1.82) is 0 Å². The Kier molecular flexibility index (Phi) is 4.74. The highest BCUT2D eigenvalue weighted by atomic mass is 35.5. The predicted octanol–water partition coefficient (Wildman–Crippen LogP) is 2.98. The van der Waals surface area contributed by atoms with Gasteiger partial charge in [-0.3, -0.25) is 4.79 Å². The van der Waals surface area contributed by atoms with Crippen molar-refractivity contribution in [3.63, 3.8) is 0 Å². The average molecular weight is 294 g/mol. The van der Waals surface area contributed by atoms with E-state index in [0.29, 0.717) is 22.3 Å². The number of nitrogens with zero attached hydrogens (tertiary/aromatic N) is 3. The average Bonchev–Trinajstić information content (AvgIpc) is 2.83. The van der Waals surface area contributed by atoms with Gasteiger partial charge in [-0.2, -0.15) is 5.10 Å². The molecule has 0 spiro atoms. The van der Waals surface area contributed by atoms with Gasteiger partial charge in [-0.1, -0.05) is 25.4 Å². The minimum atomic E-state index is 0.259. The topological polar surface area (TPSA) is 57.0 Å². The second-order valence-electron chi connectivity index (χ2n) is 4.84. The minimum Gasteiger partial charge on any atom is -0.485 e. The zero-order chi connectivity index (χ0) is 14.5. The number of aldehydes is 1. The smallest absolute Gasteiger partial charge is 0.164 e. The molecule has 0 N–H and O–H groups in total. The van der Waals surface area contributed by atoms with Crippen LogP contribution in [0.5, 0.6) is 5.75 Å². The van der Waals surface area contributed by atoms with Crippen LogP contribution in [0.25, 0.3) is 0 Å². The van der Waals surface area contributed by atoms with Crippen LogP contribution in [-0.2, 0) is 13.2 Å². The summed E-state index contributed by atoms with van der Waals surface area (Å²) in [6.07, 6.45) is 2.23. The van der Waals surface area contributed by atoms with Gasteiger partial charge >= 0.3 is 0 Å². The van der Waals surface area contributed by atoms with E-state index in [2.05, 4.69) is 23.9 Å². The maximum Gasteiger partial charge on any atom is 0.164 e. The molecule has 20 heavy (non-hydrogen) atoms. The van der Waals surface area contributed by atoms with Crippen molar-refractivity contribution < 1.29 is 9.53 Å². The van der Waals surface area contributed by atoms with Gasteiger partial charge in [0.15, 0.2) is 12.1 Å². The number of halogens is 1. The maximum absolute atomic E-state index is 11.0. The highest BCUT2D eigenvalue weighted by molar-refractivity contribution is 6.30. The van der Waals surface area contributed by atoms with Crippen LogP contribution >= 0.6 is 11.6 Å². The van der Waals surface area contributed by atoms with Crippen LogP contribution in [0, 0.1) is 5.92 Å². The van der Waals surface area contributed by atoms with Crippen molar-refractivity contribution in [3.8, 4) is 5.75 Å². The first-order chi connectivity index (χ1) is 9.60. The summed E-state index contributed by atoms with van der Waals surface area (Å²) in [5, 5.41) is 4.66. The van der Waals surface area contributed by atoms with Gasteiger partial charge in [-0.15, -0.1) is 0 Å². The lowest BCUT2D eigenvalue weighted by Gasteiger charge is -2.11. The molecule has 0 aliphatic rings. The van der Waals surface area contributed by atoms with Gasteiger partial charge in [0.25, 0.3) is 0 Å². The third kappa shape index (κ3) is 3.57. The molecule has 1 aromatic heterocycles. The summed E-state index contributed by atoms with van der Waals surface area (Å²) in [7, 11) is 0. The molecule has 0 saturated heterocycles. The summed E-state index contributed by atoms with van der Waals surface area (Å²) in [5.74, 6) is 1.69. The number of hydrogen-bond acceptors (Lipinski definition) is 4. The summed E-state index contributed by atoms with van der Waals surface area (Å²) in [5.41, 5.74) is 0.424. The highest BCUT2D eigenvalue weighted by Crippen LogP contribution is 2.22. The molecule has 0 atom stereocenters. The molecule has 2 aromatic rings. The third-order valence-electron chi connectivity index (χ3n) is 2.69. The zero-order valence-corrected chi connectivity index (χ0v) is 12.2. The predicted molar refractivity (Wildman–Crippen MR) is 76.0 cm³/mol. The molecule has 2 rings (SSSR count). The number of hydrogen-bond donors (Lipinski definition) is 0. The van der Waals surface area contributed by atoms with Crippen molar-refractivity contribution in [2.45, 2.75) is 27.0 Å². The van der Waals surface area contributed by atoms with Crippen molar-refractivity contribution in [2.24, 2.45) is 5.92 Å². The molecule has 5 nitrogen and oxygen atoms in total. The van der Waals surface area contributed by atoms with Crippen molar-refractivity contribution in [2.75, 3.05) is 0 Å². The first-order valence-corrected chi connectivity index (χ1v) is 6.72. The fourth-order valence-electron chi connectivity index (χ4n) is 1.78. The van der Waals surface area contributed by atoms with Crippen molar-refractivity contribution >= 4 is 17.9 Å². The van der Waals surface area contributed by atoms with E-state index in [1.165, 1.54) is 6.33 Å². The number of rotatable bonds is 6. The Bertz CT molecular complexity index is 596. The Morgan fingerprint density at radius 3 is 2.95 bits per heavy atom. The molecule has 106 valence electrons. The Labute approximate surface area is 122 Å². The summed E-state index contributed by atoms with van der Waals surface area (Å²) < 4.78 is 7.44. The monoisotopic (exact) mass is 293 g/mol. The Morgan fingerprint density at radius 2 is 2.25 bits per heavy atom. The number of ether oxygens (including phenoxy) is 1. The number of carbonyl (C=O) groups is 1. The van der Waals surface area contributed by atoms with E-state index >= 15 is 0 Å². The molecule has 0 unspecified atom stereocenters. The van der Waals surface area contributed by atoms with Crippen LogP contribution in [-0.4, -0.2) is 21.1 Å². The molecule has 1 heterocycles. The Balaban J connectivity index is 2.09. The molecule has 6 heteroatoms. The Hall–Kier alpha value is -1.88. The Morgan fingerprint density at radius 1 is 1.45 bits per heavy atom. The van der Waals surface area contributed by atoms with Crippen LogP contribution < -0.4 is 4.74 Å². The van der Waals surface area contributed by atoms with E-state index in [-0.39, 0.29) is 6.61 Å². The first-order valence-electron chi connectivity index (χ1n) is 6.34. The quantitative estimate of drug-likeness (QED) is 0.768. The molecule has 0 radical (unpaired) electrons. The lowest BCUT2D eigenvalue weighted by molar-refractivity contribution is 0.111. The second kappa shape index (κ2) is 6.52. The van der Waals surface area contributed by atoms with Crippen molar-refractivity contribution in [1.82, 2.24) is 14.8 Å². The first kappa shape index (κ1) is 14.5. The highest BCUT2D eigenvalue weighted by Gasteiger charge is 2.09. The van der Waals surface area contributed by atoms with Crippen LogP contribution in [0.15, 0.2) is 24.5 Å². The molecule has 0 saturated carbocycles. The lowest BCUT2D eigenvalue weighted by Crippen LogP contribution is -2.12. The molecule has 0 aliphatic carbocycles. The van der Waals surface area contributed by atoms with E-state index in [4.69, 9.17) is 16.3 Å². The maximum atomic E-state index is 11.0. The van der Waals surface area contributed by atoms with Crippen LogP contribution in [0.3, 0.4) is 0 Å². The fraction of sp³-hybridized carbons (Fsp3) is 0.357. The van der Waals surface area contributed by atoms with Crippen LogP contribution in [0.2, 0.25) is 5.02 Å². The summed E-state index contributed by atoms with van der Waals surface area (Å²) in [4.78, 5) is 15.2. The zero-order valence-electron chi connectivity index (χ0n) is 11.4. The van der Waals surface area contributed by atoms with Gasteiger partial charge in [0, 0.05) is 11.6 Å². The van der Waals surface area contributed by atoms with Gasteiger partial charge in [-0.05, 0) is 24.1 Å². The fourth-order valence-corrected chi connectivity index (χ4v) is 1.96. The molecular formula is C14H16ClN3O2. The third-order valence-corrected chi connectivity index (χ3v) is 2.92. The summed E-state index contributed by atoms with van der Waals surface area (Å²) >= 11 is 5.84. The standard InChI is InChI=1S/C14H16ClN3O2/c1-10(2)6-18-14(16-9-17-18)8-20-13-4-3-12(15)5-11(13)7-19/h3-5,7,9-10H,6,8H2,1-2H3. The molecule has 0 amide bonds. The largest absolute Gasteiger partial charge is 0.485 e. The van der Waals surface area contributed by atoms with Gasteiger partial charge < -0.3 is 4.74 Å². The van der Waals surface area contributed by atoms with Gasteiger partial charge in [0.2, 0.25) is 0 Å². The number of carbonyl (C=O) groups excluding carboxylic acids is 1. The van der Waals surface area contributed by atoms with E-state index < -0.39 is 0 Å². The summed E-state index contributed by atoms with van der Waals surface area (Å²) in [6.45, 7) is 5.25. The van der Waals surface area contributed by atoms with Gasteiger partial charge in [0.05, 0.1) is 5.56 Å².